The number of fused-ring (bicyclic) bond motifs is 1. The standard InChI is InChI=1S/C20H15Cl4N3O/c21-12-2-1-10(16(23)6-12)5-11-8-25-9-15-18(11)26-20(28)27-19(15)14-4-3-13(22)7-17(14)24/h1-7,15,19,25H,8-9H2,(H,27,28)/b11-5+. The Hall–Kier alpha value is -1.56. The van der Waals surface area contributed by atoms with E-state index in [0.717, 1.165) is 22.4 Å². The van der Waals surface area contributed by atoms with E-state index in [1.165, 1.54) is 0 Å². The lowest BCUT2D eigenvalue weighted by atomic mass is 9.81. The summed E-state index contributed by atoms with van der Waals surface area (Å²) in [5.41, 5.74) is 3.28. The molecule has 2 N–H and O–H groups in total. The van der Waals surface area contributed by atoms with Gasteiger partial charge in [0.2, 0.25) is 0 Å². The van der Waals surface area contributed by atoms with E-state index in [1.54, 1.807) is 24.3 Å². The van der Waals surface area contributed by atoms with Crippen molar-refractivity contribution in [3.05, 3.63) is 73.2 Å². The minimum Gasteiger partial charge on any atom is -0.329 e. The first-order valence-corrected chi connectivity index (χ1v) is 10.1. The van der Waals surface area contributed by atoms with E-state index in [4.69, 9.17) is 46.4 Å². The molecule has 2 heterocycles. The molecular weight excluding hydrogens is 440 g/mol. The zero-order chi connectivity index (χ0) is 19.8. The van der Waals surface area contributed by atoms with Crippen LogP contribution in [0.2, 0.25) is 20.1 Å². The molecule has 144 valence electrons. The number of rotatable bonds is 2. The van der Waals surface area contributed by atoms with Gasteiger partial charge in [-0.05, 0) is 47.0 Å². The summed E-state index contributed by atoms with van der Waals surface area (Å²) in [6.45, 7) is 1.25. The third-order valence-electron chi connectivity index (χ3n) is 4.85. The molecule has 1 fully saturated rings. The van der Waals surface area contributed by atoms with Crippen molar-refractivity contribution in [2.24, 2.45) is 10.9 Å². The molecule has 2 atom stereocenters. The molecule has 8 heteroatoms. The lowest BCUT2D eigenvalue weighted by Crippen LogP contribution is -2.50. The second-order valence-electron chi connectivity index (χ2n) is 6.66. The molecule has 0 saturated carbocycles. The van der Waals surface area contributed by atoms with Crippen LogP contribution in [0.4, 0.5) is 4.79 Å². The van der Waals surface area contributed by atoms with E-state index in [9.17, 15) is 4.79 Å². The topological polar surface area (TPSA) is 53.5 Å². The molecule has 2 unspecified atom stereocenters. The second kappa shape index (κ2) is 8.05. The summed E-state index contributed by atoms with van der Waals surface area (Å²) in [5.74, 6) is -0.0672. The Kier molecular flexibility index (Phi) is 5.68. The fourth-order valence-electron chi connectivity index (χ4n) is 3.57. The molecule has 2 aliphatic heterocycles. The Bertz CT molecular complexity index is 1020. The van der Waals surface area contributed by atoms with Crippen molar-refractivity contribution in [3.63, 3.8) is 0 Å². The molecule has 28 heavy (non-hydrogen) atoms. The van der Waals surface area contributed by atoms with Crippen LogP contribution in [0.3, 0.4) is 0 Å². The van der Waals surface area contributed by atoms with Crippen molar-refractivity contribution < 1.29 is 4.79 Å². The fourth-order valence-corrected chi connectivity index (χ4v) is 4.56. The van der Waals surface area contributed by atoms with Gasteiger partial charge in [0.05, 0.1) is 11.8 Å². The fraction of sp³-hybridized carbons (Fsp3) is 0.200. The van der Waals surface area contributed by atoms with Gasteiger partial charge >= 0.3 is 6.03 Å². The number of aliphatic imine (C=N–C) groups is 1. The van der Waals surface area contributed by atoms with Gasteiger partial charge in [0.15, 0.2) is 0 Å². The van der Waals surface area contributed by atoms with Gasteiger partial charge in [-0.3, -0.25) is 0 Å². The van der Waals surface area contributed by atoms with E-state index >= 15 is 0 Å². The number of urea groups is 1. The van der Waals surface area contributed by atoms with E-state index in [1.807, 2.05) is 18.2 Å². The summed E-state index contributed by atoms with van der Waals surface area (Å²) in [7, 11) is 0. The Labute approximate surface area is 182 Å². The zero-order valence-corrected chi connectivity index (χ0v) is 17.5. The van der Waals surface area contributed by atoms with Crippen LogP contribution in [0.15, 0.2) is 47.0 Å². The summed E-state index contributed by atoms with van der Waals surface area (Å²) in [6, 6.07) is 9.90. The maximum Gasteiger partial charge on any atom is 0.341 e. The maximum absolute atomic E-state index is 12.3. The SMILES string of the molecule is O=C1N=C2/C(=C/c3ccc(Cl)cc3Cl)CNCC2C(c2ccc(Cl)cc2Cl)N1. The Morgan fingerprint density at radius 2 is 1.71 bits per heavy atom. The number of hydrogen-bond acceptors (Lipinski definition) is 2. The normalized spacial score (nSPS) is 23.2. The number of carbonyl (C=O) groups is 1. The Balaban J connectivity index is 1.74. The lowest BCUT2D eigenvalue weighted by Gasteiger charge is -2.37. The molecule has 2 amide bonds. The van der Waals surface area contributed by atoms with E-state index in [0.29, 0.717) is 33.2 Å². The van der Waals surface area contributed by atoms with Gasteiger partial charge in [-0.15, -0.1) is 0 Å². The van der Waals surface area contributed by atoms with Crippen LogP contribution in [0.25, 0.3) is 6.08 Å². The Morgan fingerprint density at radius 1 is 1.00 bits per heavy atom. The van der Waals surface area contributed by atoms with Gasteiger partial charge in [-0.2, -0.15) is 4.99 Å². The monoisotopic (exact) mass is 453 g/mol. The molecule has 2 aromatic carbocycles. The first-order chi connectivity index (χ1) is 13.4. The van der Waals surface area contributed by atoms with E-state index in [2.05, 4.69) is 15.6 Å². The van der Waals surface area contributed by atoms with Gasteiger partial charge < -0.3 is 10.6 Å². The number of nitrogens with zero attached hydrogens (tertiary/aromatic N) is 1. The summed E-state index contributed by atoms with van der Waals surface area (Å²) in [4.78, 5) is 16.6. The number of amides is 2. The largest absolute Gasteiger partial charge is 0.341 e. The number of piperidine rings is 1. The van der Waals surface area contributed by atoms with Crippen LogP contribution in [-0.4, -0.2) is 24.8 Å². The third-order valence-corrected chi connectivity index (χ3v) is 5.98. The highest BCUT2D eigenvalue weighted by molar-refractivity contribution is 6.36. The van der Waals surface area contributed by atoms with Crippen molar-refractivity contribution in [2.75, 3.05) is 13.1 Å². The number of benzene rings is 2. The summed E-state index contributed by atoms with van der Waals surface area (Å²) in [6.07, 6.45) is 1.94. The average Bonchev–Trinajstić information content (AvgIpc) is 2.64. The molecule has 4 rings (SSSR count). The predicted molar refractivity (Wildman–Crippen MR) is 116 cm³/mol. The van der Waals surface area contributed by atoms with Crippen LogP contribution in [0.1, 0.15) is 17.2 Å². The van der Waals surface area contributed by atoms with Gasteiger partial charge in [-0.25, -0.2) is 4.79 Å². The van der Waals surface area contributed by atoms with Crippen LogP contribution in [-0.2, 0) is 0 Å². The number of carbonyl (C=O) groups excluding carboxylic acids is 1. The highest BCUT2D eigenvalue weighted by atomic mass is 35.5. The molecule has 4 nitrogen and oxygen atoms in total. The Morgan fingerprint density at radius 3 is 2.43 bits per heavy atom. The summed E-state index contributed by atoms with van der Waals surface area (Å²) < 4.78 is 0. The van der Waals surface area contributed by atoms with Crippen LogP contribution in [0, 0.1) is 5.92 Å². The highest BCUT2D eigenvalue weighted by Gasteiger charge is 2.38. The van der Waals surface area contributed by atoms with Crippen molar-refractivity contribution in [1.82, 2.24) is 10.6 Å². The van der Waals surface area contributed by atoms with Crippen molar-refractivity contribution in [1.29, 1.82) is 0 Å². The first-order valence-electron chi connectivity index (χ1n) is 8.63. The van der Waals surface area contributed by atoms with E-state index < -0.39 is 6.03 Å². The smallest absolute Gasteiger partial charge is 0.329 e. The molecule has 0 spiro atoms. The third kappa shape index (κ3) is 3.93. The summed E-state index contributed by atoms with van der Waals surface area (Å²) >= 11 is 24.7. The number of halogens is 4. The van der Waals surface area contributed by atoms with Crippen molar-refractivity contribution in [2.45, 2.75) is 6.04 Å². The molecule has 2 aromatic rings. The average molecular weight is 455 g/mol. The molecule has 0 aliphatic carbocycles. The molecule has 0 aromatic heterocycles. The summed E-state index contributed by atoms with van der Waals surface area (Å²) in [5, 5.41) is 8.49. The molecule has 0 bridgehead atoms. The highest BCUT2D eigenvalue weighted by Crippen LogP contribution is 2.36. The minimum absolute atomic E-state index is 0.0672. The van der Waals surface area contributed by atoms with Crippen LogP contribution < -0.4 is 10.6 Å². The van der Waals surface area contributed by atoms with Crippen molar-refractivity contribution in [3.8, 4) is 0 Å². The van der Waals surface area contributed by atoms with Gasteiger partial charge in [0.1, 0.15) is 0 Å². The van der Waals surface area contributed by atoms with E-state index in [-0.39, 0.29) is 12.0 Å². The van der Waals surface area contributed by atoms with Gasteiger partial charge in [-0.1, -0.05) is 58.5 Å². The molecule has 0 radical (unpaired) electrons. The van der Waals surface area contributed by atoms with Gasteiger partial charge in [0, 0.05) is 39.1 Å². The van der Waals surface area contributed by atoms with Gasteiger partial charge in [0.25, 0.3) is 0 Å². The lowest BCUT2D eigenvalue weighted by molar-refractivity contribution is 0.239. The molecule has 2 aliphatic rings. The number of hydrogen-bond donors (Lipinski definition) is 2. The number of nitrogens with one attached hydrogen (secondary N) is 2. The first kappa shape index (κ1) is 19.7. The second-order valence-corrected chi connectivity index (χ2v) is 8.35. The van der Waals surface area contributed by atoms with Crippen LogP contribution in [0.5, 0.6) is 0 Å². The quantitative estimate of drug-likeness (QED) is 0.601. The van der Waals surface area contributed by atoms with Crippen LogP contribution >= 0.6 is 46.4 Å². The maximum atomic E-state index is 12.3. The van der Waals surface area contributed by atoms with Crippen molar-refractivity contribution >= 4 is 64.2 Å². The molecule has 1 saturated heterocycles. The predicted octanol–water partition coefficient (Wildman–Crippen LogP) is 5.81. The minimum atomic E-state index is -0.391. The zero-order valence-electron chi connectivity index (χ0n) is 14.5. The molecular formula is C20H15Cl4N3O.